The van der Waals surface area contributed by atoms with E-state index >= 15 is 0 Å². The van der Waals surface area contributed by atoms with E-state index in [1.807, 2.05) is 30.3 Å². The van der Waals surface area contributed by atoms with Gasteiger partial charge in [-0.15, -0.1) is 0 Å². The second-order valence-electron chi connectivity index (χ2n) is 5.75. The highest BCUT2D eigenvalue weighted by Crippen LogP contribution is 2.11. The zero-order valence-corrected chi connectivity index (χ0v) is 14.7. The minimum absolute atomic E-state index is 0.113. The highest BCUT2D eigenvalue weighted by atomic mass is 16.2. The summed E-state index contributed by atoms with van der Waals surface area (Å²) in [6.45, 7) is 2.46. The molecule has 2 rings (SSSR count). The van der Waals surface area contributed by atoms with E-state index in [0.717, 1.165) is 5.56 Å². The van der Waals surface area contributed by atoms with E-state index in [1.165, 1.54) is 0 Å². The normalized spacial score (nSPS) is 10.0. The molecule has 0 saturated heterocycles. The lowest BCUT2D eigenvalue weighted by Gasteiger charge is -2.08. The van der Waals surface area contributed by atoms with E-state index < -0.39 is 0 Å². The number of amides is 3. The zero-order valence-electron chi connectivity index (χ0n) is 14.7. The van der Waals surface area contributed by atoms with Crippen molar-refractivity contribution < 1.29 is 14.4 Å². The Bertz CT molecular complexity index is 760. The van der Waals surface area contributed by atoms with Crippen LogP contribution in [0.5, 0.6) is 0 Å². The van der Waals surface area contributed by atoms with Gasteiger partial charge in [0, 0.05) is 37.2 Å². The molecule has 0 spiro atoms. The molecule has 6 nitrogen and oxygen atoms in total. The molecular formula is C20H23N3O3. The van der Waals surface area contributed by atoms with E-state index in [2.05, 4.69) is 16.0 Å². The van der Waals surface area contributed by atoms with Crippen LogP contribution in [0.1, 0.15) is 35.7 Å². The van der Waals surface area contributed by atoms with Gasteiger partial charge in [0.15, 0.2) is 0 Å². The van der Waals surface area contributed by atoms with Crippen LogP contribution in [0.2, 0.25) is 0 Å². The molecule has 2 aromatic rings. The number of nitrogens with one attached hydrogen (secondary N) is 3. The molecule has 0 unspecified atom stereocenters. The van der Waals surface area contributed by atoms with Gasteiger partial charge in [-0.2, -0.15) is 0 Å². The summed E-state index contributed by atoms with van der Waals surface area (Å²) in [5.41, 5.74) is 2.03. The average molecular weight is 353 g/mol. The molecule has 0 fully saturated rings. The van der Waals surface area contributed by atoms with Crippen LogP contribution in [0.4, 0.5) is 5.69 Å². The van der Waals surface area contributed by atoms with Crippen LogP contribution in [0.3, 0.4) is 0 Å². The van der Waals surface area contributed by atoms with Crippen molar-refractivity contribution in [2.45, 2.75) is 26.3 Å². The van der Waals surface area contributed by atoms with E-state index in [4.69, 9.17) is 0 Å². The van der Waals surface area contributed by atoms with Gasteiger partial charge in [-0.3, -0.25) is 14.4 Å². The van der Waals surface area contributed by atoms with Gasteiger partial charge in [0.1, 0.15) is 0 Å². The summed E-state index contributed by atoms with van der Waals surface area (Å²) in [7, 11) is 0. The Morgan fingerprint density at radius 3 is 2.38 bits per heavy atom. The predicted molar refractivity (Wildman–Crippen MR) is 101 cm³/mol. The molecule has 3 N–H and O–H groups in total. The monoisotopic (exact) mass is 353 g/mol. The Kier molecular flexibility index (Phi) is 7.36. The van der Waals surface area contributed by atoms with E-state index in [9.17, 15) is 14.4 Å². The number of hydrogen-bond donors (Lipinski definition) is 3. The molecule has 0 aliphatic carbocycles. The molecule has 3 amide bonds. The fraction of sp³-hybridized carbons (Fsp3) is 0.250. The standard InChI is InChI=1S/C20H23N3O3/c1-2-18(24)23-17-10-6-9-16(13-17)20(26)21-12-11-19(25)22-14-15-7-4-3-5-8-15/h3-10,13H,2,11-12,14H2,1H3,(H,21,26)(H,22,25)(H,23,24). The van der Waals surface area contributed by atoms with Gasteiger partial charge in [0.25, 0.3) is 5.91 Å². The molecule has 6 heteroatoms. The van der Waals surface area contributed by atoms with Crippen molar-refractivity contribution in [3.05, 3.63) is 65.7 Å². The van der Waals surface area contributed by atoms with Crippen molar-refractivity contribution in [2.75, 3.05) is 11.9 Å². The molecule has 26 heavy (non-hydrogen) atoms. The van der Waals surface area contributed by atoms with E-state index in [0.29, 0.717) is 24.2 Å². The molecule has 2 aromatic carbocycles. The first kappa shape index (κ1) is 19.2. The number of anilines is 1. The third kappa shape index (κ3) is 6.39. The first-order valence-electron chi connectivity index (χ1n) is 8.57. The van der Waals surface area contributed by atoms with Crippen LogP contribution in [-0.2, 0) is 16.1 Å². The summed E-state index contributed by atoms with van der Waals surface area (Å²) in [6, 6.07) is 16.3. The van der Waals surface area contributed by atoms with Gasteiger partial charge in [0.05, 0.1) is 0 Å². The first-order valence-corrected chi connectivity index (χ1v) is 8.57. The Balaban J connectivity index is 1.75. The molecule has 0 radical (unpaired) electrons. The molecule has 0 aliphatic rings. The van der Waals surface area contributed by atoms with Gasteiger partial charge >= 0.3 is 0 Å². The van der Waals surface area contributed by atoms with Crippen LogP contribution in [-0.4, -0.2) is 24.3 Å². The number of rotatable bonds is 8. The Hall–Kier alpha value is -3.15. The molecule has 136 valence electrons. The lowest BCUT2D eigenvalue weighted by atomic mass is 10.2. The molecule has 0 aliphatic heterocycles. The number of carbonyl (C=O) groups is 3. The van der Waals surface area contributed by atoms with Crippen LogP contribution in [0.25, 0.3) is 0 Å². The van der Waals surface area contributed by atoms with Crippen LogP contribution in [0.15, 0.2) is 54.6 Å². The summed E-state index contributed by atoms with van der Waals surface area (Å²) >= 11 is 0. The zero-order chi connectivity index (χ0) is 18.8. The Morgan fingerprint density at radius 2 is 1.65 bits per heavy atom. The summed E-state index contributed by atoms with van der Waals surface area (Å²) in [5.74, 6) is -0.524. The summed E-state index contributed by atoms with van der Waals surface area (Å²) < 4.78 is 0. The van der Waals surface area contributed by atoms with Crippen molar-refractivity contribution in [1.29, 1.82) is 0 Å². The second-order valence-corrected chi connectivity index (χ2v) is 5.75. The fourth-order valence-corrected chi connectivity index (χ4v) is 2.26. The van der Waals surface area contributed by atoms with Crippen LogP contribution >= 0.6 is 0 Å². The minimum Gasteiger partial charge on any atom is -0.352 e. The van der Waals surface area contributed by atoms with Gasteiger partial charge in [0.2, 0.25) is 11.8 Å². The maximum absolute atomic E-state index is 12.2. The lowest BCUT2D eigenvalue weighted by molar-refractivity contribution is -0.121. The van der Waals surface area contributed by atoms with E-state index in [1.54, 1.807) is 31.2 Å². The molecule has 0 atom stereocenters. The summed E-state index contributed by atoms with van der Waals surface area (Å²) in [5, 5.41) is 8.23. The quantitative estimate of drug-likeness (QED) is 0.681. The number of carbonyl (C=O) groups excluding carboxylic acids is 3. The first-order chi connectivity index (χ1) is 12.6. The van der Waals surface area contributed by atoms with Gasteiger partial charge < -0.3 is 16.0 Å². The number of benzene rings is 2. The van der Waals surface area contributed by atoms with Gasteiger partial charge in [-0.05, 0) is 23.8 Å². The van der Waals surface area contributed by atoms with Crippen LogP contribution < -0.4 is 16.0 Å². The summed E-state index contributed by atoms with van der Waals surface area (Å²) in [4.78, 5) is 35.4. The topological polar surface area (TPSA) is 87.3 Å². The van der Waals surface area contributed by atoms with Gasteiger partial charge in [-0.1, -0.05) is 43.3 Å². The maximum Gasteiger partial charge on any atom is 0.251 e. The molecule has 0 bridgehead atoms. The largest absolute Gasteiger partial charge is 0.352 e. The molecule has 0 aromatic heterocycles. The Morgan fingerprint density at radius 1 is 0.885 bits per heavy atom. The van der Waals surface area contributed by atoms with Crippen molar-refractivity contribution in [2.24, 2.45) is 0 Å². The number of hydrogen-bond acceptors (Lipinski definition) is 3. The average Bonchev–Trinajstić information content (AvgIpc) is 2.67. The maximum atomic E-state index is 12.2. The third-order valence-electron chi connectivity index (χ3n) is 3.70. The summed E-state index contributed by atoms with van der Waals surface area (Å²) in [6.07, 6.45) is 0.569. The van der Waals surface area contributed by atoms with Crippen LogP contribution in [0, 0.1) is 0 Å². The second kappa shape index (κ2) is 9.98. The van der Waals surface area contributed by atoms with Gasteiger partial charge in [-0.25, -0.2) is 0 Å². The van der Waals surface area contributed by atoms with E-state index in [-0.39, 0.29) is 30.7 Å². The van der Waals surface area contributed by atoms with Crippen molar-refractivity contribution in [3.63, 3.8) is 0 Å². The Labute approximate surface area is 153 Å². The van der Waals surface area contributed by atoms with Crippen molar-refractivity contribution in [3.8, 4) is 0 Å². The molecule has 0 heterocycles. The third-order valence-corrected chi connectivity index (χ3v) is 3.70. The highest BCUT2D eigenvalue weighted by Gasteiger charge is 2.08. The van der Waals surface area contributed by atoms with Crippen molar-refractivity contribution >= 4 is 23.4 Å². The van der Waals surface area contributed by atoms with Crippen molar-refractivity contribution in [1.82, 2.24) is 10.6 Å². The highest BCUT2D eigenvalue weighted by molar-refractivity contribution is 5.97. The molecule has 0 saturated carbocycles. The smallest absolute Gasteiger partial charge is 0.251 e. The minimum atomic E-state index is -0.284. The lowest BCUT2D eigenvalue weighted by Crippen LogP contribution is -2.30. The predicted octanol–water partition coefficient (Wildman–Crippen LogP) is 2.47. The SMILES string of the molecule is CCC(=O)Nc1cccc(C(=O)NCCC(=O)NCc2ccccc2)c1. The molecular weight excluding hydrogens is 330 g/mol. The fourth-order valence-electron chi connectivity index (χ4n) is 2.26.